The molecule has 1 unspecified atom stereocenters. The van der Waals surface area contributed by atoms with E-state index >= 15 is 0 Å². The van der Waals surface area contributed by atoms with Gasteiger partial charge in [0.15, 0.2) is 0 Å². The lowest BCUT2D eigenvalue weighted by atomic mass is 9.94. The summed E-state index contributed by atoms with van der Waals surface area (Å²) in [6, 6.07) is 0. The van der Waals surface area contributed by atoms with Crippen LogP contribution in [-0.2, 0) is 4.79 Å². The quantitative estimate of drug-likeness (QED) is 0.472. The smallest absolute Gasteiger partial charge is 0.240 e. The fourth-order valence-electron chi connectivity index (χ4n) is 1.41. The Kier molecular flexibility index (Phi) is 3.38. The second kappa shape index (κ2) is 4.08. The van der Waals surface area contributed by atoms with Crippen LogP contribution in [-0.4, -0.2) is 40.4 Å². The molecule has 0 aromatic rings. The Bertz CT molecular complexity index is 245. The number of rotatable bonds is 5. The van der Waals surface area contributed by atoms with Crippen LogP contribution in [0.1, 0.15) is 26.7 Å². The molecule has 1 atom stereocenters. The Balaban J connectivity index is 2.61. The van der Waals surface area contributed by atoms with Crippen molar-refractivity contribution in [3.63, 3.8) is 0 Å². The first-order valence-electron chi connectivity index (χ1n) is 5.19. The molecule has 5 nitrogen and oxygen atoms in total. The molecule has 0 radical (unpaired) electrons. The maximum absolute atomic E-state index is 11.8. The molecule has 0 saturated heterocycles. The van der Waals surface area contributed by atoms with E-state index in [1.54, 1.807) is 13.8 Å². The van der Waals surface area contributed by atoms with Gasteiger partial charge in [0.2, 0.25) is 5.91 Å². The maximum atomic E-state index is 11.8. The van der Waals surface area contributed by atoms with Crippen LogP contribution in [0.25, 0.3) is 0 Å². The van der Waals surface area contributed by atoms with Gasteiger partial charge in [0.1, 0.15) is 0 Å². The Morgan fingerprint density at radius 2 is 1.87 bits per heavy atom. The maximum Gasteiger partial charge on any atom is 0.240 e. The summed E-state index contributed by atoms with van der Waals surface area (Å²) in [5, 5.41) is 20.7. The zero-order valence-electron chi connectivity index (χ0n) is 9.29. The molecule has 1 fully saturated rings. The van der Waals surface area contributed by atoms with Gasteiger partial charge in [0, 0.05) is 0 Å². The van der Waals surface area contributed by atoms with Gasteiger partial charge in [-0.05, 0) is 32.6 Å². The highest BCUT2D eigenvalue weighted by atomic mass is 16.3. The molecule has 5 N–H and O–H groups in total. The summed E-state index contributed by atoms with van der Waals surface area (Å²) in [5.41, 5.74) is 4.02. The number of aliphatic hydroxyl groups is 2. The summed E-state index contributed by atoms with van der Waals surface area (Å²) in [7, 11) is 0. The van der Waals surface area contributed by atoms with Crippen LogP contribution >= 0.6 is 0 Å². The molecule has 0 heterocycles. The van der Waals surface area contributed by atoms with Gasteiger partial charge in [0.25, 0.3) is 0 Å². The first kappa shape index (κ1) is 12.4. The van der Waals surface area contributed by atoms with Gasteiger partial charge in [-0.1, -0.05) is 0 Å². The zero-order chi connectivity index (χ0) is 11.7. The van der Waals surface area contributed by atoms with Gasteiger partial charge in [0.05, 0.1) is 24.3 Å². The van der Waals surface area contributed by atoms with E-state index in [-0.39, 0.29) is 25.0 Å². The van der Waals surface area contributed by atoms with E-state index < -0.39 is 11.1 Å². The first-order chi connectivity index (χ1) is 6.85. The van der Waals surface area contributed by atoms with E-state index in [4.69, 9.17) is 15.9 Å². The Hall–Kier alpha value is -0.650. The van der Waals surface area contributed by atoms with Crippen LogP contribution in [0.3, 0.4) is 0 Å². The lowest BCUT2D eigenvalue weighted by Gasteiger charge is -2.32. The summed E-state index contributed by atoms with van der Waals surface area (Å²) in [4.78, 5) is 11.8. The highest BCUT2D eigenvalue weighted by molar-refractivity contribution is 5.87. The van der Waals surface area contributed by atoms with E-state index in [0.29, 0.717) is 0 Å². The van der Waals surface area contributed by atoms with Gasteiger partial charge in [-0.25, -0.2) is 0 Å². The number of carbonyl (C=O) groups is 1. The number of amides is 1. The molecule has 15 heavy (non-hydrogen) atoms. The lowest BCUT2D eigenvalue weighted by Crippen LogP contribution is -2.61. The van der Waals surface area contributed by atoms with Crippen molar-refractivity contribution in [3.05, 3.63) is 0 Å². The monoisotopic (exact) mass is 216 g/mol. The minimum Gasteiger partial charge on any atom is -0.394 e. The van der Waals surface area contributed by atoms with Crippen molar-refractivity contribution in [1.82, 2.24) is 5.32 Å². The molecular weight excluding hydrogens is 196 g/mol. The number of aliphatic hydroxyl groups excluding tert-OH is 2. The average Bonchev–Trinajstić information content (AvgIpc) is 3.00. The standard InChI is InChI=1S/C10H20N2O3/c1-9(5-13,6-14)12-8(15)10(2,11)7-3-4-7/h7,13-14H,3-6,11H2,1-2H3,(H,12,15). The van der Waals surface area contributed by atoms with Crippen molar-refractivity contribution < 1.29 is 15.0 Å². The second-order valence-electron chi connectivity index (χ2n) is 4.89. The van der Waals surface area contributed by atoms with Crippen molar-refractivity contribution in [3.8, 4) is 0 Å². The predicted octanol–water partition coefficient (Wildman–Crippen LogP) is -1.03. The van der Waals surface area contributed by atoms with Crippen LogP contribution in [0.5, 0.6) is 0 Å². The van der Waals surface area contributed by atoms with Gasteiger partial charge < -0.3 is 21.3 Å². The lowest BCUT2D eigenvalue weighted by molar-refractivity contribution is -0.129. The second-order valence-corrected chi connectivity index (χ2v) is 4.89. The Morgan fingerprint density at radius 1 is 1.40 bits per heavy atom. The van der Waals surface area contributed by atoms with E-state index in [2.05, 4.69) is 5.32 Å². The minimum absolute atomic E-state index is 0.221. The highest BCUT2D eigenvalue weighted by Crippen LogP contribution is 2.38. The highest BCUT2D eigenvalue weighted by Gasteiger charge is 2.45. The fourth-order valence-corrected chi connectivity index (χ4v) is 1.41. The predicted molar refractivity (Wildman–Crippen MR) is 56.0 cm³/mol. The number of hydrogen-bond acceptors (Lipinski definition) is 4. The largest absolute Gasteiger partial charge is 0.394 e. The average molecular weight is 216 g/mol. The van der Waals surface area contributed by atoms with Crippen LogP contribution in [0, 0.1) is 5.92 Å². The molecule has 0 spiro atoms. The molecular formula is C10H20N2O3. The molecule has 0 aromatic heterocycles. The molecule has 1 saturated carbocycles. The molecule has 0 aromatic carbocycles. The molecule has 1 rings (SSSR count). The zero-order valence-corrected chi connectivity index (χ0v) is 9.29. The van der Waals surface area contributed by atoms with E-state index in [1.807, 2.05) is 0 Å². The third-order valence-electron chi connectivity index (χ3n) is 3.03. The number of nitrogens with one attached hydrogen (secondary N) is 1. The summed E-state index contributed by atoms with van der Waals surface area (Å²) < 4.78 is 0. The van der Waals surface area contributed by atoms with Crippen LogP contribution in [0.4, 0.5) is 0 Å². The van der Waals surface area contributed by atoms with Gasteiger partial charge in [-0.15, -0.1) is 0 Å². The molecule has 88 valence electrons. The van der Waals surface area contributed by atoms with Gasteiger partial charge >= 0.3 is 0 Å². The third-order valence-corrected chi connectivity index (χ3v) is 3.03. The molecule has 1 aliphatic carbocycles. The van der Waals surface area contributed by atoms with Crippen LogP contribution < -0.4 is 11.1 Å². The first-order valence-corrected chi connectivity index (χ1v) is 5.19. The van der Waals surface area contributed by atoms with Gasteiger partial charge in [-0.3, -0.25) is 4.79 Å². The SMILES string of the molecule is CC(CO)(CO)NC(=O)C(C)(N)C1CC1. The summed E-state index contributed by atoms with van der Waals surface area (Å²) in [6.45, 7) is 2.65. The molecule has 0 bridgehead atoms. The van der Waals surface area contributed by atoms with E-state index in [9.17, 15) is 4.79 Å². The van der Waals surface area contributed by atoms with Crippen LogP contribution in [0.15, 0.2) is 0 Å². The fraction of sp³-hybridized carbons (Fsp3) is 0.900. The van der Waals surface area contributed by atoms with E-state index in [0.717, 1.165) is 12.8 Å². The minimum atomic E-state index is -0.993. The molecule has 1 amide bonds. The topological polar surface area (TPSA) is 95.6 Å². The van der Waals surface area contributed by atoms with Gasteiger partial charge in [-0.2, -0.15) is 0 Å². The van der Waals surface area contributed by atoms with Crippen LogP contribution in [0.2, 0.25) is 0 Å². The third kappa shape index (κ3) is 2.68. The molecule has 5 heteroatoms. The molecule has 0 aliphatic heterocycles. The number of hydrogen-bond donors (Lipinski definition) is 4. The summed E-state index contributed by atoms with van der Waals surface area (Å²) >= 11 is 0. The Morgan fingerprint density at radius 3 is 2.20 bits per heavy atom. The summed E-state index contributed by atoms with van der Waals surface area (Å²) in [5.74, 6) is -0.0882. The molecule has 1 aliphatic rings. The van der Waals surface area contributed by atoms with Crippen molar-refractivity contribution in [2.24, 2.45) is 11.7 Å². The van der Waals surface area contributed by atoms with Crippen molar-refractivity contribution in [2.45, 2.75) is 37.8 Å². The van der Waals surface area contributed by atoms with Crippen molar-refractivity contribution >= 4 is 5.91 Å². The Labute approximate surface area is 89.7 Å². The number of carbonyl (C=O) groups excluding carboxylic acids is 1. The van der Waals surface area contributed by atoms with Crippen molar-refractivity contribution in [1.29, 1.82) is 0 Å². The normalized spacial score (nSPS) is 20.9. The number of nitrogens with two attached hydrogens (primary N) is 1. The van der Waals surface area contributed by atoms with Crippen molar-refractivity contribution in [2.75, 3.05) is 13.2 Å². The summed E-state index contributed by atoms with van der Waals surface area (Å²) in [6.07, 6.45) is 1.94. The van der Waals surface area contributed by atoms with E-state index in [1.165, 1.54) is 0 Å².